The summed E-state index contributed by atoms with van der Waals surface area (Å²) in [6, 6.07) is 5.92. The Morgan fingerprint density at radius 3 is 2.45 bits per heavy atom. The third-order valence-electron chi connectivity index (χ3n) is 2.20. The third kappa shape index (κ3) is 3.91. The minimum absolute atomic E-state index is 0.0601. The topological polar surface area (TPSA) is 109 Å². The first-order valence-corrected chi connectivity index (χ1v) is 5.78. The number of azo groups is 1. The first kappa shape index (κ1) is 15.4. The average molecular weight is 278 g/mol. The van der Waals surface area contributed by atoms with Crippen LogP contribution in [0.5, 0.6) is 0 Å². The lowest BCUT2D eigenvalue weighted by Crippen LogP contribution is -2.07. The van der Waals surface area contributed by atoms with E-state index in [4.69, 9.17) is 9.84 Å². The van der Waals surface area contributed by atoms with Gasteiger partial charge in [0.15, 0.2) is 0 Å². The fourth-order valence-electron chi connectivity index (χ4n) is 1.31. The van der Waals surface area contributed by atoms with E-state index < -0.39 is 11.9 Å². The van der Waals surface area contributed by atoms with Gasteiger partial charge in [0, 0.05) is 0 Å². The molecule has 2 N–H and O–H groups in total. The summed E-state index contributed by atoms with van der Waals surface area (Å²) in [7, 11) is 0. The largest absolute Gasteiger partial charge is 0.510 e. The SMILES string of the molecule is CCOC(=O)C(N=Nc1ccccc1C(=O)O)=C(C)O. The van der Waals surface area contributed by atoms with Gasteiger partial charge < -0.3 is 14.9 Å². The van der Waals surface area contributed by atoms with Gasteiger partial charge in [0.25, 0.3) is 0 Å². The van der Waals surface area contributed by atoms with Crippen molar-refractivity contribution in [2.45, 2.75) is 13.8 Å². The molecule has 0 aliphatic carbocycles. The molecular formula is C13H14N2O5. The van der Waals surface area contributed by atoms with Gasteiger partial charge in [-0.1, -0.05) is 12.1 Å². The van der Waals surface area contributed by atoms with Crippen LogP contribution in [0.4, 0.5) is 5.69 Å². The lowest BCUT2D eigenvalue weighted by atomic mass is 10.2. The van der Waals surface area contributed by atoms with Crippen molar-refractivity contribution in [2.24, 2.45) is 10.2 Å². The van der Waals surface area contributed by atoms with E-state index in [1.54, 1.807) is 19.1 Å². The third-order valence-corrected chi connectivity index (χ3v) is 2.20. The Balaban J connectivity index is 3.10. The molecule has 0 bridgehead atoms. The molecule has 1 aromatic carbocycles. The second-order valence-electron chi connectivity index (χ2n) is 3.68. The molecule has 0 unspecified atom stereocenters. The molecule has 1 aromatic rings. The minimum Gasteiger partial charge on any atom is -0.510 e. The number of carboxylic acids is 1. The number of ether oxygens (including phenoxy) is 1. The number of esters is 1. The smallest absolute Gasteiger partial charge is 0.362 e. The van der Waals surface area contributed by atoms with Crippen LogP contribution in [-0.4, -0.2) is 28.8 Å². The average Bonchev–Trinajstić information content (AvgIpc) is 2.39. The molecule has 0 saturated carbocycles. The standard InChI is InChI=1S/C13H14N2O5/c1-3-20-13(19)11(8(2)16)15-14-10-7-5-4-6-9(10)12(17)18/h4-7,16H,3H2,1-2H3,(H,17,18). The Morgan fingerprint density at radius 2 is 1.90 bits per heavy atom. The molecule has 0 aromatic heterocycles. The van der Waals surface area contributed by atoms with Crippen molar-refractivity contribution < 1.29 is 24.5 Å². The number of aliphatic hydroxyl groups is 1. The summed E-state index contributed by atoms with van der Waals surface area (Å²) < 4.78 is 4.70. The monoisotopic (exact) mass is 278 g/mol. The molecule has 7 nitrogen and oxygen atoms in total. The number of aliphatic hydroxyl groups excluding tert-OH is 1. The normalized spacial score (nSPS) is 12.1. The summed E-state index contributed by atoms with van der Waals surface area (Å²) in [5.41, 5.74) is -0.356. The van der Waals surface area contributed by atoms with Gasteiger partial charge in [-0.05, 0) is 26.0 Å². The Kier molecular flexibility index (Phi) is 5.40. The highest BCUT2D eigenvalue weighted by Gasteiger charge is 2.15. The van der Waals surface area contributed by atoms with E-state index in [1.165, 1.54) is 19.1 Å². The molecule has 106 valence electrons. The summed E-state index contributed by atoms with van der Waals surface area (Å²) >= 11 is 0. The molecule has 0 amide bonds. The van der Waals surface area contributed by atoms with Crippen molar-refractivity contribution in [3.05, 3.63) is 41.3 Å². The van der Waals surface area contributed by atoms with Crippen LogP contribution in [0.3, 0.4) is 0 Å². The lowest BCUT2D eigenvalue weighted by Gasteiger charge is -2.03. The van der Waals surface area contributed by atoms with E-state index in [1.807, 2.05) is 0 Å². The highest BCUT2D eigenvalue weighted by atomic mass is 16.5. The van der Waals surface area contributed by atoms with Gasteiger partial charge in [0.1, 0.15) is 11.4 Å². The van der Waals surface area contributed by atoms with Crippen LogP contribution < -0.4 is 0 Å². The van der Waals surface area contributed by atoms with Crippen molar-refractivity contribution in [1.29, 1.82) is 0 Å². The zero-order valence-electron chi connectivity index (χ0n) is 11.0. The molecule has 20 heavy (non-hydrogen) atoms. The number of hydrogen-bond acceptors (Lipinski definition) is 6. The molecule has 0 aliphatic rings. The van der Waals surface area contributed by atoms with Crippen LogP contribution in [0.1, 0.15) is 24.2 Å². The van der Waals surface area contributed by atoms with E-state index in [0.717, 1.165) is 0 Å². The van der Waals surface area contributed by atoms with Gasteiger partial charge in [-0.25, -0.2) is 9.59 Å². The van der Waals surface area contributed by atoms with E-state index in [0.29, 0.717) is 0 Å². The Labute approximate surface area is 115 Å². The molecule has 0 heterocycles. The molecule has 0 fully saturated rings. The quantitative estimate of drug-likeness (QED) is 0.372. The van der Waals surface area contributed by atoms with Crippen molar-refractivity contribution >= 4 is 17.6 Å². The van der Waals surface area contributed by atoms with Crippen LogP contribution in [-0.2, 0) is 9.53 Å². The second kappa shape index (κ2) is 7.03. The molecule has 0 saturated heterocycles. The number of carbonyl (C=O) groups excluding carboxylic acids is 1. The number of carboxylic acid groups (broad SMARTS) is 1. The summed E-state index contributed by atoms with van der Waals surface area (Å²) in [5.74, 6) is -2.36. The van der Waals surface area contributed by atoms with E-state index in [2.05, 4.69) is 10.2 Å². The summed E-state index contributed by atoms with van der Waals surface area (Å²) in [6.07, 6.45) is 0. The first-order valence-electron chi connectivity index (χ1n) is 5.78. The van der Waals surface area contributed by atoms with E-state index in [-0.39, 0.29) is 29.3 Å². The van der Waals surface area contributed by atoms with Gasteiger partial charge >= 0.3 is 11.9 Å². The number of carbonyl (C=O) groups is 2. The van der Waals surface area contributed by atoms with Gasteiger partial charge in [0.05, 0.1) is 12.2 Å². The zero-order chi connectivity index (χ0) is 15.1. The van der Waals surface area contributed by atoms with Gasteiger partial charge in [-0.15, -0.1) is 10.2 Å². The fourth-order valence-corrected chi connectivity index (χ4v) is 1.31. The fraction of sp³-hybridized carbons (Fsp3) is 0.231. The van der Waals surface area contributed by atoms with Gasteiger partial charge in [0.2, 0.25) is 5.70 Å². The van der Waals surface area contributed by atoms with Crippen molar-refractivity contribution in [1.82, 2.24) is 0 Å². The zero-order valence-corrected chi connectivity index (χ0v) is 11.0. The van der Waals surface area contributed by atoms with Crippen LogP contribution in [0.15, 0.2) is 46.0 Å². The Morgan fingerprint density at radius 1 is 1.25 bits per heavy atom. The molecule has 0 atom stereocenters. The number of benzene rings is 1. The number of nitrogens with zero attached hydrogens (tertiary/aromatic N) is 2. The number of aromatic carboxylic acids is 1. The predicted molar refractivity (Wildman–Crippen MR) is 69.9 cm³/mol. The summed E-state index contributed by atoms with van der Waals surface area (Å²) in [5, 5.41) is 25.6. The Bertz CT molecular complexity index is 574. The van der Waals surface area contributed by atoms with Gasteiger partial charge in [-0.3, -0.25) is 0 Å². The lowest BCUT2D eigenvalue weighted by molar-refractivity contribution is -0.138. The highest BCUT2D eigenvalue weighted by molar-refractivity contribution is 5.93. The molecular weight excluding hydrogens is 264 g/mol. The number of allylic oxidation sites excluding steroid dienone is 1. The number of rotatable bonds is 5. The maximum atomic E-state index is 11.5. The van der Waals surface area contributed by atoms with E-state index >= 15 is 0 Å². The van der Waals surface area contributed by atoms with Crippen LogP contribution in [0.25, 0.3) is 0 Å². The summed E-state index contributed by atoms with van der Waals surface area (Å²) in [4.78, 5) is 22.5. The molecule has 0 aliphatic heterocycles. The molecule has 0 radical (unpaired) electrons. The van der Waals surface area contributed by atoms with Crippen molar-refractivity contribution in [3.8, 4) is 0 Å². The van der Waals surface area contributed by atoms with Gasteiger partial charge in [-0.2, -0.15) is 0 Å². The Hall–Kier alpha value is -2.70. The van der Waals surface area contributed by atoms with Crippen LogP contribution >= 0.6 is 0 Å². The maximum absolute atomic E-state index is 11.5. The van der Waals surface area contributed by atoms with E-state index in [9.17, 15) is 14.7 Å². The minimum atomic E-state index is -1.16. The molecule has 0 spiro atoms. The summed E-state index contributed by atoms with van der Waals surface area (Å²) in [6.45, 7) is 2.99. The predicted octanol–water partition coefficient (Wildman–Crippen LogP) is 2.82. The first-order chi connectivity index (χ1) is 9.47. The number of hydrogen-bond donors (Lipinski definition) is 2. The molecule has 1 rings (SSSR count). The van der Waals surface area contributed by atoms with Crippen molar-refractivity contribution in [2.75, 3.05) is 6.61 Å². The van der Waals surface area contributed by atoms with Crippen LogP contribution in [0.2, 0.25) is 0 Å². The van der Waals surface area contributed by atoms with Crippen molar-refractivity contribution in [3.63, 3.8) is 0 Å². The van der Waals surface area contributed by atoms with Crippen LogP contribution in [0, 0.1) is 0 Å². The molecule has 7 heteroatoms. The second-order valence-corrected chi connectivity index (χ2v) is 3.68. The maximum Gasteiger partial charge on any atom is 0.362 e. The highest BCUT2D eigenvalue weighted by Crippen LogP contribution is 2.20.